The zero-order chi connectivity index (χ0) is 18.9. The molecule has 1 aromatic heterocycles. The average Bonchev–Trinajstić information content (AvgIpc) is 2.65. The lowest BCUT2D eigenvalue weighted by atomic mass is 10.1. The van der Waals surface area contributed by atoms with E-state index in [0.29, 0.717) is 6.54 Å². The summed E-state index contributed by atoms with van der Waals surface area (Å²) in [5.74, 6) is -0.597. The second-order valence-corrected chi connectivity index (χ2v) is 6.29. The molecule has 6 nitrogen and oxygen atoms in total. The van der Waals surface area contributed by atoms with E-state index in [9.17, 15) is 9.59 Å². The minimum absolute atomic E-state index is 0.219. The Kier molecular flexibility index (Phi) is 7.29. The van der Waals surface area contributed by atoms with Crippen molar-refractivity contribution in [3.8, 4) is 0 Å². The van der Waals surface area contributed by atoms with Crippen LogP contribution in [0.1, 0.15) is 39.9 Å². The van der Waals surface area contributed by atoms with Gasteiger partial charge in [-0.25, -0.2) is 4.98 Å². The Morgan fingerprint density at radius 2 is 1.69 bits per heavy atom. The molecule has 138 valence electrons. The molecular formula is C20H26N4O2. The van der Waals surface area contributed by atoms with Crippen molar-refractivity contribution >= 4 is 17.5 Å². The molecule has 0 atom stereocenters. The molecule has 0 radical (unpaired) electrons. The Labute approximate surface area is 154 Å². The Balaban J connectivity index is 2.01. The van der Waals surface area contributed by atoms with Gasteiger partial charge in [-0.05, 0) is 57.2 Å². The van der Waals surface area contributed by atoms with Crippen molar-refractivity contribution in [1.29, 1.82) is 0 Å². The summed E-state index contributed by atoms with van der Waals surface area (Å²) < 4.78 is 0. The highest BCUT2D eigenvalue weighted by Crippen LogP contribution is 2.16. The van der Waals surface area contributed by atoms with E-state index >= 15 is 0 Å². The maximum absolute atomic E-state index is 12.5. The van der Waals surface area contributed by atoms with E-state index in [0.717, 1.165) is 30.6 Å². The molecule has 0 saturated carbocycles. The van der Waals surface area contributed by atoms with Gasteiger partial charge in [0.25, 0.3) is 11.8 Å². The first-order chi connectivity index (χ1) is 12.5. The number of aryl methyl sites for hydroxylation is 1. The Hall–Kier alpha value is -2.73. The van der Waals surface area contributed by atoms with Crippen LogP contribution in [-0.4, -0.2) is 48.9 Å². The highest BCUT2D eigenvalue weighted by molar-refractivity contribution is 6.04. The number of pyridine rings is 1. The molecule has 0 spiro atoms. The van der Waals surface area contributed by atoms with Gasteiger partial charge in [0.15, 0.2) is 0 Å². The monoisotopic (exact) mass is 354 g/mol. The lowest BCUT2D eigenvalue weighted by Crippen LogP contribution is -2.28. The van der Waals surface area contributed by atoms with Gasteiger partial charge < -0.3 is 15.5 Å². The van der Waals surface area contributed by atoms with Crippen molar-refractivity contribution in [3.63, 3.8) is 0 Å². The van der Waals surface area contributed by atoms with E-state index in [1.54, 1.807) is 18.2 Å². The predicted molar refractivity (Wildman–Crippen MR) is 104 cm³/mol. The van der Waals surface area contributed by atoms with E-state index in [2.05, 4.69) is 20.5 Å². The summed E-state index contributed by atoms with van der Waals surface area (Å²) >= 11 is 0. The van der Waals surface area contributed by atoms with Crippen LogP contribution in [0.4, 0.5) is 5.69 Å². The van der Waals surface area contributed by atoms with Gasteiger partial charge in [-0.1, -0.05) is 31.2 Å². The summed E-state index contributed by atoms with van der Waals surface area (Å²) in [7, 11) is 3.98. The largest absolute Gasteiger partial charge is 0.351 e. The molecule has 0 aliphatic heterocycles. The molecule has 2 aromatic rings. The number of hydrogen-bond donors (Lipinski definition) is 2. The number of nitrogens with zero attached hydrogens (tertiary/aromatic N) is 2. The van der Waals surface area contributed by atoms with Crippen molar-refractivity contribution < 1.29 is 9.59 Å². The van der Waals surface area contributed by atoms with Crippen LogP contribution in [0.3, 0.4) is 0 Å². The summed E-state index contributed by atoms with van der Waals surface area (Å²) in [5, 5.41) is 5.70. The van der Waals surface area contributed by atoms with Gasteiger partial charge in [0.1, 0.15) is 11.4 Å². The molecule has 2 N–H and O–H groups in total. The quantitative estimate of drug-likeness (QED) is 0.715. The number of carbonyl (C=O) groups is 2. The molecule has 0 saturated heterocycles. The van der Waals surface area contributed by atoms with Crippen LogP contribution in [0.5, 0.6) is 0 Å². The third-order valence-electron chi connectivity index (χ3n) is 3.93. The van der Waals surface area contributed by atoms with Gasteiger partial charge in [-0.2, -0.15) is 0 Å². The number of rotatable bonds is 8. The molecule has 2 rings (SSSR count). The minimum Gasteiger partial charge on any atom is -0.351 e. The van der Waals surface area contributed by atoms with Crippen LogP contribution in [0.2, 0.25) is 0 Å². The third kappa shape index (κ3) is 5.67. The van der Waals surface area contributed by atoms with Gasteiger partial charge in [0.2, 0.25) is 0 Å². The van der Waals surface area contributed by atoms with Crippen LogP contribution < -0.4 is 10.6 Å². The van der Waals surface area contributed by atoms with Crippen LogP contribution in [-0.2, 0) is 6.42 Å². The summed E-state index contributed by atoms with van der Waals surface area (Å²) in [5.41, 5.74) is 2.28. The van der Waals surface area contributed by atoms with Crippen LogP contribution in [0.15, 0.2) is 42.5 Å². The molecule has 1 aromatic carbocycles. The fourth-order valence-electron chi connectivity index (χ4n) is 2.51. The number of para-hydroxylation sites is 1. The third-order valence-corrected chi connectivity index (χ3v) is 3.93. The van der Waals surface area contributed by atoms with Gasteiger partial charge >= 0.3 is 0 Å². The number of benzene rings is 1. The molecule has 6 heteroatoms. The van der Waals surface area contributed by atoms with E-state index in [4.69, 9.17) is 0 Å². The SMILES string of the molecule is CCc1ccccc1NC(=O)c1cccc(C(=O)NCCCN(C)C)n1. The van der Waals surface area contributed by atoms with E-state index in [-0.39, 0.29) is 23.2 Å². The lowest BCUT2D eigenvalue weighted by Gasteiger charge is -2.11. The smallest absolute Gasteiger partial charge is 0.274 e. The fourth-order valence-corrected chi connectivity index (χ4v) is 2.51. The standard InChI is InChI=1S/C20H26N4O2/c1-4-15-9-5-6-10-16(15)23-20(26)18-12-7-11-17(22-18)19(25)21-13-8-14-24(2)3/h5-7,9-12H,4,8,13-14H2,1-3H3,(H,21,25)(H,23,26). The van der Waals surface area contributed by atoms with Crippen LogP contribution >= 0.6 is 0 Å². The Morgan fingerprint density at radius 3 is 2.38 bits per heavy atom. The first-order valence-electron chi connectivity index (χ1n) is 8.80. The Bertz CT molecular complexity index is 759. The summed E-state index contributed by atoms with van der Waals surface area (Å²) in [6.45, 7) is 3.50. The van der Waals surface area contributed by atoms with Crippen LogP contribution in [0.25, 0.3) is 0 Å². The normalized spacial score (nSPS) is 10.6. The molecule has 26 heavy (non-hydrogen) atoms. The first-order valence-corrected chi connectivity index (χ1v) is 8.80. The zero-order valence-electron chi connectivity index (χ0n) is 15.6. The van der Waals surface area contributed by atoms with Gasteiger partial charge in [-0.15, -0.1) is 0 Å². The second kappa shape index (κ2) is 9.68. The molecule has 1 heterocycles. The molecule has 0 fully saturated rings. The highest BCUT2D eigenvalue weighted by atomic mass is 16.2. The second-order valence-electron chi connectivity index (χ2n) is 6.29. The van der Waals surface area contributed by atoms with Crippen molar-refractivity contribution in [2.75, 3.05) is 32.5 Å². The molecule has 0 bridgehead atoms. The Morgan fingerprint density at radius 1 is 1.00 bits per heavy atom. The maximum Gasteiger partial charge on any atom is 0.274 e. The van der Waals surface area contributed by atoms with Crippen molar-refractivity contribution in [2.45, 2.75) is 19.8 Å². The molecule has 2 amide bonds. The van der Waals surface area contributed by atoms with Gasteiger partial charge in [0.05, 0.1) is 0 Å². The number of aromatic nitrogens is 1. The number of anilines is 1. The fraction of sp³-hybridized carbons (Fsp3) is 0.350. The number of amides is 2. The number of carbonyl (C=O) groups excluding carboxylic acids is 2. The van der Waals surface area contributed by atoms with Gasteiger partial charge in [0, 0.05) is 12.2 Å². The molecular weight excluding hydrogens is 328 g/mol. The maximum atomic E-state index is 12.5. The number of nitrogens with one attached hydrogen (secondary N) is 2. The average molecular weight is 354 g/mol. The van der Waals surface area contributed by atoms with E-state index < -0.39 is 0 Å². The molecule has 0 aliphatic rings. The van der Waals surface area contributed by atoms with Crippen molar-refractivity contribution in [1.82, 2.24) is 15.2 Å². The highest BCUT2D eigenvalue weighted by Gasteiger charge is 2.13. The minimum atomic E-state index is -0.326. The van der Waals surface area contributed by atoms with Crippen molar-refractivity contribution in [2.24, 2.45) is 0 Å². The number of hydrogen-bond acceptors (Lipinski definition) is 4. The predicted octanol–water partition coefficient (Wildman–Crippen LogP) is 2.58. The van der Waals surface area contributed by atoms with E-state index in [1.807, 2.05) is 45.3 Å². The van der Waals surface area contributed by atoms with Crippen molar-refractivity contribution in [3.05, 3.63) is 59.4 Å². The molecule has 0 aliphatic carbocycles. The lowest BCUT2D eigenvalue weighted by molar-refractivity contribution is 0.0947. The topological polar surface area (TPSA) is 74.3 Å². The summed E-state index contributed by atoms with van der Waals surface area (Å²) in [6, 6.07) is 12.5. The first kappa shape index (κ1) is 19.6. The van der Waals surface area contributed by atoms with Gasteiger partial charge in [-0.3, -0.25) is 9.59 Å². The van der Waals surface area contributed by atoms with E-state index in [1.165, 1.54) is 0 Å². The summed E-state index contributed by atoms with van der Waals surface area (Å²) in [6.07, 6.45) is 1.67. The van der Waals surface area contributed by atoms with Crippen LogP contribution in [0, 0.1) is 0 Å². The molecule has 0 unspecified atom stereocenters. The summed E-state index contributed by atoms with van der Waals surface area (Å²) in [4.78, 5) is 30.9. The zero-order valence-corrected chi connectivity index (χ0v) is 15.6.